The summed E-state index contributed by atoms with van der Waals surface area (Å²) in [5.74, 6) is 0.157. The average Bonchev–Trinajstić information content (AvgIpc) is 3.01. The highest BCUT2D eigenvalue weighted by Gasteiger charge is 2.29. The molecule has 1 unspecified atom stereocenters. The van der Waals surface area contributed by atoms with E-state index in [1.165, 1.54) is 12.0 Å². The zero-order valence-electron chi connectivity index (χ0n) is 14.7. The van der Waals surface area contributed by atoms with Crippen LogP contribution < -0.4 is 0 Å². The Bertz CT molecular complexity index is 677. The molecule has 1 saturated heterocycles. The molecule has 1 amide bonds. The van der Waals surface area contributed by atoms with Gasteiger partial charge >= 0.3 is 0 Å². The van der Waals surface area contributed by atoms with Gasteiger partial charge in [0.2, 0.25) is 0 Å². The van der Waals surface area contributed by atoms with Gasteiger partial charge in [-0.25, -0.2) is 0 Å². The van der Waals surface area contributed by atoms with Gasteiger partial charge in [0, 0.05) is 25.3 Å². The summed E-state index contributed by atoms with van der Waals surface area (Å²) < 4.78 is 1.85. The molecular formula is C20H27N3O. The highest BCUT2D eigenvalue weighted by atomic mass is 16.2. The molecule has 0 spiro atoms. The van der Waals surface area contributed by atoms with Crippen molar-refractivity contribution >= 4 is 5.91 Å². The van der Waals surface area contributed by atoms with Gasteiger partial charge in [-0.15, -0.1) is 0 Å². The van der Waals surface area contributed by atoms with Crippen LogP contribution in [0.25, 0.3) is 0 Å². The van der Waals surface area contributed by atoms with Crippen molar-refractivity contribution in [2.24, 2.45) is 0 Å². The fraction of sp³-hybridized carbons (Fsp3) is 0.500. The third kappa shape index (κ3) is 3.69. The summed E-state index contributed by atoms with van der Waals surface area (Å²) in [6.45, 7) is 5.65. The maximum absolute atomic E-state index is 13.0. The maximum atomic E-state index is 13.0. The number of benzene rings is 1. The predicted molar refractivity (Wildman–Crippen MR) is 96.1 cm³/mol. The molecule has 0 radical (unpaired) electrons. The first-order valence-corrected chi connectivity index (χ1v) is 9.08. The topological polar surface area (TPSA) is 38.1 Å². The molecule has 1 aromatic heterocycles. The van der Waals surface area contributed by atoms with Gasteiger partial charge in [0.25, 0.3) is 5.91 Å². The van der Waals surface area contributed by atoms with E-state index in [0.29, 0.717) is 6.04 Å². The van der Waals surface area contributed by atoms with E-state index in [1.54, 1.807) is 0 Å². The monoisotopic (exact) mass is 325 g/mol. The molecule has 1 aliphatic heterocycles. The fourth-order valence-corrected chi connectivity index (χ4v) is 3.59. The molecule has 4 nitrogen and oxygen atoms in total. The predicted octanol–water partition coefficient (Wildman–Crippen LogP) is 3.84. The Balaban J connectivity index is 1.71. The molecule has 1 fully saturated rings. The van der Waals surface area contributed by atoms with Crippen molar-refractivity contribution in [1.29, 1.82) is 0 Å². The minimum absolute atomic E-state index is 0.157. The van der Waals surface area contributed by atoms with E-state index in [2.05, 4.69) is 34.3 Å². The number of hydrogen-bond acceptors (Lipinski definition) is 2. The number of hydrogen-bond donors (Lipinski definition) is 0. The van der Waals surface area contributed by atoms with E-state index in [9.17, 15) is 4.79 Å². The van der Waals surface area contributed by atoms with Crippen LogP contribution in [0, 0.1) is 6.92 Å². The van der Waals surface area contributed by atoms with Crippen molar-refractivity contribution in [2.75, 3.05) is 6.54 Å². The van der Waals surface area contributed by atoms with E-state index in [-0.39, 0.29) is 5.91 Å². The lowest BCUT2D eigenvalue weighted by molar-refractivity contribution is 0.0601. The van der Waals surface area contributed by atoms with Gasteiger partial charge < -0.3 is 4.90 Å². The van der Waals surface area contributed by atoms with Gasteiger partial charge in [-0.05, 0) is 51.5 Å². The number of carbonyl (C=O) groups excluding carboxylic acids is 1. The number of aromatic nitrogens is 2. The fourth-order valence-electron chi connectivity index (χ4n) is 3.59. The summed E-state index contributed by atoms with van der Waals surface area (Å²) in [4.78, 5) is 15.1. The third-order valence-corrected chi connectivity index (χ3v) is 5.00. The zero-order chi connectivity index (χ0) is 16.9. The molecule has 2 aromatic rings. The van der Waals surface area contributed by atoms with Crippen molar-refractivity contribution in [3.05, 3.63) is 53.3 Å². The smallest absolute Gasteiger partial charge is 0.257 e. The molecular weight excluding hydrogens is 298 g/mol. The van der Waals surface area contributed by atoms with Crippen molar-refractivity contribution in [1.82, 2.24) is 14.7 Å². The lowest BCUT2D eigenvalue weighted by Gasteiger charge is -2.36. The molecule has 1 aliphatic rings. The van der Waals surface area contributed by atoms with E-state index in [4.69, 9.17) is 0 Å². The number of amides is 1. The first-order valence-electron chi connectivity index (χ1n) is 9.08. The second-order valence-electron chi connectivity index (χ2n) is 6.66. The minimum atomic E-state index is 0.157. The standard InChI is InChI=1S/C20H27N3O/c1-3-22-15-19(16(2)21-22)20(24)23-14-8-7-11-18(23)13-12-17-9-5-4-6-10-17/h4-6,9-10,15,18H,3,7-8,11-14H2,1-2H3. The summed E-state index contributed by atoms with van der Waals surface area (Å²) in [6, 6.07) is 10.9. The van der Waals surface area contributed by atoms with Crippen LogP contribution in [0.4, 0.5) is 0 Å². The summed E-state index contributed by atoms with van der Waals surface area (Å²) in [5.41, 5.74) is 2.96. The van der Waals surface area contributed by atoms with Crippen LogP contribution in [-0.4, -0.2) is 33.2 Å². The molecule has 0 saturated carbocycles. The van der Waals surface area contributed by atoms with E-state index in [0.717, 1.165) is 50.0 Å². The molecule has 1 aromatic carbocycles. The number of aryl methyl sites for hydroxylation is 3. The van der Waals surface area contributed by atoms with Crippen molar-refractivity contribution in [3.8, 4) is 0 Å². The lowest BCUT2D eigenvalue weighted by atomic mass is 9.95. The van der Waals surface area contributed by atoms with Gasteiger partial charge in [0.1, 0.15) is 0 Å². The molecule has 0 bridgehead atoms. The Morgan fingerprint density at radius 1 is 1.25 bits per heavy atom. The van der Waals surface area contributed by atoms with Crippen LogP contribution in [0.1, 0.15) is 54.2 Å². The number of nitrogens with zero attached hydrogens (tertiary/aromatic N) is 3. The molecule has 0 aliphatic carbocycles. The quantitative estimate of drug-likeness (QED) is 0.838. The Labute approximate surface area is 144 Å². The van der Waals surface area contributed by atoms with Crippen LogP contribution in [0.5, 0.6) is 0 Å². The summed E-state index contributed by atoms with van der Waals surface area (Å²) in [5, 5.41) is 4.43. The van der Waals surface area contributed by atoms with Gasteiger partial charge in [-0.2, -0.15) is 5.10 Å². The highest BCUT2D eigenvalue weighted by Crippen LogP contribution is 2.24. The molecule has 4 heteroatoms. The minimum Gasteiger partial charge on any atom is -0.336 e. The number of piperidine rings is 1. The van der Waals surface area contributed by atoms with Crippen LogP contribution in [0.3, 0.4) is 0 Å². The first-order chi connectivity index (χ1) is 11.7. The Morgan fingerprint density at radius 2 is 2.04 bits per heavy atom. The van der Waals surface area contributed by atoms with Crippen LogP contribution >= 0.6 is 0 Å². The average molecular weight is 325 g/mol. The Hall–Kier alpha value is -2.10. The largest absolute Gasteiger partial charge is 0.336 e. The molecule has 3 rings (SSSR count). The van der Waals surface area contributed by atoms with Gasteiger partial charge in [-0.1, -0.05) is 30.3 Å². The van der Waals surface area contributed by atoms with E-state index < -0.39 is 0 Å². The number of likely N-dealkylation sites (tertiary alicyclic amines) is 1. The van der Waals surface area contributed by atoms with Crippen molar-refractivity contribution in [3.63, 3.8) is 0 Å². The summed E-state index contributed by atoms with van der Waals surface area (Å²) >= 11 is 0. The van der Waals surface area contributed by atoms with E-state index in [1.807, 2.05) is 30.8 Å². The van der Waals surface area contributed by atoms with E-state index >= 15 is 0 Å². The molecule has 24 heavy (non-hydrogen) atoms. The number of rotatable bonds is 5. The molecule has 2 heterocycles. The molecule has 128 valence electrons. The normalized spacial score (nSPS) is 17.9. The molecule has 1 atom stereocenters. The van der Waals surface area contributed by atoms with Crippen LogP contribution in [0.2, 0.25) is 0 Å². The maximum Gasteiger partial charge on any atom is 0.257 e. The summed E-state index contributed by atoms with van der Waals surface area (Å²) in [7, 11) is 0. The third-order valence-electron chi connectivity index (χ3n) is 5.00. The second-order valence-corrected chi connectivity index (χ2v) is 6.66. The summed E-state index contributed by atoms with van der Waals surface area (Å²) in [6.07, 6.45) is 7.41. The van der Waals surface area contributed by atoms with Gasteiger partial charge in [0.15, 0.2) is 0 Å². The SMILES string of the molecule is CCn1cc(C(=O)N2CCCCC2CCc2ccccc2)c(C)n1. The van der Waals surface area contributed by atoms with Crippen molar-refractivity contribution < 1.29 is 4.79 Å². The van der Waals surface area contributed by atoms with Gasteiger partial charge in [0.05, 0.1) is 11.3 Å². The first kappa shape index (κ1) is 16.7. The highest BCUT2D eigenvalue weighted by molar-refractivity contribution is 5.95. The zero-order valence-corrected chi connectivity index (χ0v) is 14.7. The second kappa shape index (κ2) is 7.65. The number of carbonyl (C=O) groups is 1. The van der Waals surface area contributed by atoms with Crippen LogP contribution in [0.15, 0.2) is 36.5 Å². The van der Waals surface area contributed by atoms with Gasteiger partial charge in [-0.3, -0.25) is 9.48 Å². The Morgan fingerprint density at radius 3 is 2.75 bits per heavy atom. The van der Waals surface area contributed by atoms with Crippen LogP contribution in [-0.2, 0) is 13.0 Å². The molecule has 0 N–H and O–H groups in total. The van der Waals surface area contributed by atoms with Crippen molar-refractivity contribution in [2.45, 2.75) is 58.5 Å². The lowest BCUT2D eigenvalue weighted by Crippen LogP contribution is -2.44. The Kier molecular flexibility index (Phi) is 5.34.